The van der Waals surface area contributed by atoms with Gasteiger partial charge in [0.1, 0.15) is 28.4 Å². The Kier molecular flexibility index (Phi) is 6.03. The standard InChI is InChI=1S/C23H22F3N3O4/c1-3-13-10-28(7-6-27-13)20-17(26)9-14-19(22(20)33-2)29(11-15(21(14)30)23(31)32)18-5-4-12(24)8-16(18)25/h4-5,8-9,11,13,27H,3,6-7,10H2,1-2H3,(H,31,32). The molecule has 0 saturated carbocycles. The number of piperazine rings is 1. The Balaban J connectivity index is 2.10. The van der Waals surface area contributed by atoms with Crippen molar-refractivity contribution in [2.45, 2.75) is 19.4 Å². The van der Waals surface area contributed by atoms with Gasteiger partial charge in [0.2, 0.25) is 5.43 Å². The number of carbonyl (C=O) groups is 1. The summed E-state index contributed by atoms with van der Waals surface area (Å²) < 4.78 is 50.3. The van der Waals surface area contributed by atoms with Crippen molar-refractivity contribution in [3.8, 4) is 11.4 Å². The maximum absolute atomic E-state index is 15.4. The number of aromatic carboxylic acids is 1. The van der Waals surface area contributed by atoms with Gasteiger partial charge in [0.05, 0.1) is 18.2 Å². The van der Waals surface area contributed by atoms with E-state index in [9.17, 15) is 23.5 Å². The molecule has 2 aromatic carbocycles. The first kappa shape index (κ1) is 22.7. The second kappa shape index (κ2) is 8.78. The molecule has 33 heavy (non-hydrogen) atoms. The summed E-state index contributed by atoms with van der Waals surface area (Å²) in [6.45, 7) is 3.52. The van der Waals surface area contributed by atoms with Gasteiger partial charge in [-0.05, 0) is 24.6 Å². The number of anilines is 1. The highest BCUT2D eigenvalue weighted by molar-refractivity contribution is 5.97. The largest absolute Gasteiger partial charge is 0.492 e. The number of methoxy groups -OCH3 is 1. The van der Waals surface area contributed by atoms with Crippen molar-refractivity contribution in [2.75, 3.05) is 31.6 Å². The summed E-state index contributed by atoms with van der Waals surface area (Å²) >= 11 is 0. The van der Waals surface area contributed by atoms with Crippen LogP contribution in [0.25, 0.3) is 16.6 Å². The number of carboxylic acid groups (broad SMARTS) is 1. The first-order valence-electron chi connectivity index (χ1n) is 10.4. The van der Waals surface area contributed by atoms with Gasteiger partial charge >= 0.3 is 5.97 Å². The molecule has 0 radical (unpaired) electrons. The first-order valence-corrected chi connectivity index (χ1v) is 10.4. The summed E-state index contributed by atoms with van der Waals surface area (Å²) in [5, 5.41) is 12.6. The number of hydrogen-bond donors (Lipinski definition) is 2. The zero-order valence-corrected chi connectivity index (χ0v) is 18.0. The Morgan fingerprint density at radius 1 is 1.24 bits per heavy atom. The molecule has 7 nitrogen and oxygen atoms in total. The van der Waals surface area contributed by atoms with Crippen molar-refractivity contribution in [3.63, 3.8) is 0 Å². The van der Waals surface area contributed by atoms with Crippen molar-refractivity contribution in [1.29, 1.82) is 0 Å². The summed E-state index contributed by atoms with van der Waals surface area (Å²) in [5.41, 5.74) is -1.77. The number of pyridine rings is 1. The summed E-state index contributed by atoms with van der Waals surface area (Å²) in [7, 11) is 1.29. The molecular formula is C23H22F3N3O4. The third-order valence-corrected chi connectivity index (χ3v) is 5.84. The van der Waals surface area contributed by atoms with Crippen LogP contribution in [-0.4, -0.2) is 48.4 Å². The Morgan fingerprint density at radius 3 is 2.64 bits per heavy atom. The number of rotatable bonds is 5. The number of nitrogens with zero attached hydrogens (tertiary/aromatic N) is 2. The van der Waals surface area contributed by atoms with Crippen LogP contribution in [0.2, 0.25) is 0 Å². The number of ether oxygens (including phenoxy) is 1. The lowest BCUT2D eigenvalue weighted by Crippen LogP contribution is -2.50. The molecule has 1 saturated heterocycles. The van der Waals surface area contributed by atoms with Crippen LogP contribution in [0.15, 0.2) is 35.3 Å². The molecule has 2 heterocycles. The SMILES string of the molecule is CCC1CN(c2c(F)cc3c(=O)c(C(=O)O)cn(-c4ccc(F)cc4F)c3c2OC)CCN1. The third-order valence-electron chi connectivity index (χ3n) is 5.84. The van der Waals surface area contributed by atoms with Gasteiger partial charge in [-0.25, -0.2) is 18.0 Å². The Bertz CT molecular complexity index is 1310. The maximum Gasteiger partial charge on any atom is 0.341 e. The van der Waals surface area contributed by atoms with Crippen LogP contribution < -0.4 is 20.4 Å². The van der Waals surface area contributed by atoms with E-state index in [1.165, 1.54) is 7.11 Å². The van der Waals surface area contributed by atoms with Crippen LogP contribution in [0, 0.1) is 17.5 Å². The summed E-state index contributed by atoms with van der Waals surface area (Å²) in [4.78, 5) is 26.4. The quantitative estimate of drug-likeness (QED) is 0.607. The molecule has 4 rings (SSSR count). The molecule has 1 aliphatic rings. The number of carboxylic acids is 1. The van der Waals surface area contributed by atoms with Gasteiger partial charge in [0.25, 0.3) is 0 Å². The number of aromatic nitrogens is 1. The lowest BCUT2D eigenvalue weighted by molar-refractivity contribution is 0.0695. The molecule has 1 aromatic heterocycles. The second-order valence-electron chi connectivity index (χ2n) is 7.78. The molecule has 0 aliphatic carbocycles. The van der Waals surface area contributed by atoms with Crippen molar-refractivity contribution in [1.82, 2.24) is 9.88 Å². The van der Waals surface area contributed by atoms with E-state index in [0.717, 1.165) is 35.4 Å². The number of nitrogens with one attached hydrogen (secondary N) is 1. The summed E-state index contributed by atoms with van der Waals surface area (Å²) in [5.74, 6) is -4.18. The molecule has 1 atom stereocenters. The van der Waals surface area contributed by atoms with Gasteiger partial charge in [-0.1, -0.05) is 6.92 Å². The highest BCUT2D eigenvalue weighted by Crippen LogP contribution is 2.39. The van der Waals surface area contributed by atoms with Gasteiger partial charge in [-0.3, -0.25) is 4.79 Å². The van der Waals surface area contributed by atoms with E-state index in [1.807, 2.05) is 6.92 Å². The average molecular weight is 461 g/mol. The van der Waals surface area contributed by atoms with E-state index in [-0.39, 0.29) is 34.1 Å². The normalized spacial score (nSPS) is 16.3. The maximum atomic E-state index is 15.4. The fourth-order valence-electron chi connectivity index (χ4n) is 4.22. The number of hydrogen-bond acceptors (Lipinski definition) is 5. The molecular weight excluding hydrogens is 439 g/mol. The highest BCUT2D eigenvalue weighted by atomic mass is 19.1. The molecule has 3 aromatic rings. The molecule has 1 aliphatic heterocycles. The fourth-order valence-corrected chi connectivity index (χ4v) is 4.22. The fraction of sp³-hybridized carbons (Fsp3) is 0.304. The molecule has 2 N–H and O–H groups in total. The van der Waals surface area contributed by atoms with Gasteiger partial charge in [-0.2, -0.15) is 0 Å². The van der Waals surface area contributed by atoms with Crippen LogP contribution >= 0.6 is 0 Å². The van der Waals surface area contributed by atoms with Gasteiger partial charge < -0.3 is 24.6 Å². The van der Waals surface area contributed by atoms with E-state index >= 15 is 4.39 Å². The Morgan fingerprint density at radius 2 is 2.00 bits per heavy atom. The predicted octanol–water partition coefficient (Wildman–Crippen LogP) is 3.30. The minimum Gasteiger partial charge on any atom is -0.492 e. The van der Waals surface area contributed by atoms with Crippen molar-refractivity contribution < 1.29 is 27.8 Å². The minimum absolute atomic E-state index is 0.0130. The molecule has 1 unspecified atom stereocenters. The van der Waals surface area contributed by atoms with Crippen LogP contribution in [0.3, 0.4) is 0 Å². The zero-order valence-electron chi connectivity index (χ0n) is 18.0. The van der Waals surface area contributed by atoms with Crippen LogP contribution in [0.1, 0.15) is 23.7 Å². The van der Waals surface area contributed by atoms with E-state index in [0.29, 0.717) is 25.7 Å². The summed E-state index contributed by atoms with van der Waals surface area (Å²) in [6, 6.07) is 3.80. The predicted molar refractivity (Wildman–Crippen MR) is 117 cm³/mol. The van der Waals surface area contributed by atoms with E-state index < -0.39 is 34.4 Å². The Hall–Kier alpha value is -3.53. The van der Waals surface area contributed by atoms with Crippen LogP contribution in [-0.2, 0) is 0 Å². The minimum atomic E-state index is -1.56. The number of fused-ring (bicyclic) bond motifs is 1. The van der Waals surface area contributed by atoms with Gasteiger partial charge in [0, 0.05) is 37.9 Å². The highest BCUT2D eigenvalue weighted by Gasteiger charge is 2.29. The van der Waals surface area contributed by atoms with E-state index in [4.69, 9.17) is 4.74 Å². The first-order chi connectivity index (χ1) is 15.8. The zero-order chi connectivity index (χ0) is 23.9. The van der Waals surface area contributed by atoms with Crippen molar-refractivity contribution >= 4 is 22.6 Å². The molecule has 174 valence electrons. The average Bonchev–Trinajstić information content (AvgIpc) is 2.79. The van der Waals surface area contributed by atoms with Gasteiger partial charge in [0.15, 0.2) is 11.6 Å². The monoisotopic (exact) mass is 461 g/mol. The van der Waals surface area contributed by atoms with E-state index in [2.05, 4.69) is 5.32 Å². The van der Waals surface area contributed by atoms with Crippen molar-refractivity contribution in [3.05, 3.63) is 63.7 Å². The Labute approximate surface area is 187 Å². The molecule has 0 bridgehead atoms. The van der Waals surface area contributed by atoms with Crippen LogP contribution in [0.5, 0.6) is 5.75 Å². The molecule has 0 spiro atoms. The third kappa shape index (κ3) is 3.91. The van der Waals surface area contributed by atoms with Gasteiger partial charge in [-0.15, -0.1) is 0 Å². The number of benzene rings is 2. The van der Waals surface area contributed by atoms with Crippen molar-refractivity contribution in [2.24, 2.45) is 0 Å². The van der Waals surface area contributed by atoms with E-state index in [1.54, 1.807) is 4.90 Å². The lowest BCUT2D eigenvalue weighted by atomic mass is 10.1. The van der Waals surface area contributed by atoms with Crippen LogP contribution in [0.4, 0.5) is 18.9 Å². The molecule has 0 amide bonds. The number of halogens is 3. The lowest BCUT2D eigenvalue weighted by Gasteiger charge is -2.36. The smallest absolute Gasteiger partial charge is 0.341 e. The molecule has 10 heteroatoms. The second-order valence-corrected chi connectivity index (χ2v) is 7.78. The molecule has 1 fully saturated rings. The summed E-state index contributed by atoms with van der Waals surface area (Å²) in [6.07, 6.45) is 1.75. The topological polar surface area (TPSA) is 83.8 Å².